The Bertz CT molecular complexity index is 1250. The smallest absolute Gasteiger partial charge is 0.311 e. The van der Waals surface area contributed by atoms with E-state index in [-0.39, 0.29) is 42.6 Å². The van der Waals surface area contributed by atoms with Crippen LogP contribution in [0.3, 0.4) is 0 Å². The van der Waals surface area contributed by atoms with E-state index < -0.39 is 89.9 Å². The van der Waals surface area contributed by atoms with Crippen molar-refractivity contribution in [3.63, 3.8) is 0 Å². The van der Waals surface area contributed by atoms with E-state index in [1.807, 2.05) is 55.4 Å². The zero-order chi connectivity index (χ0) is 40.5. The van der Waals surface area contributed by atoms with Crippen LogP contribution in [0, 0.1) is 35.0 Å². The first-order chi connectivity index (χ1) is 25.1. The second kappa shape index (κ2) is 17.1. The highest BCUT2D eigenvalue weighted by Crippen LogP contribution is 2.45. The van der Waals surface area contributed by atoms with Crippen molar-refractivity contribution >= 4 is 18.0 Å². The normalized spacial score (nSPS) is 48.2. The van der Waals surface area contributed by atoms with Gasteiger partial charge in [-0.1, -0.05) is 55.0 Å². The van der Waals surface area contributed by atoms with Crippen LogP contribution in [0.15, 0.2) is 12.2 Å². The van der Waals surface area contributed by atoms with Gasteiger partial charge in [-0.05, 0) is 95.7 Å². The average molecular weight is 763 g/mol. The van der Waals surface area contributed by atoms with Gasteiger partial charge in [0.2, 0.25) is 1.43 Å². The fourth-order valence-corrected chi connectivity index (χ4v) is 9.67. The first kappa shape index (κ1) is 40.9. The van der Waals surface area contributed by atoms with Crippen molar-refractivity contribution < 1.29 is 53.7 Å². The van der Waals surface area contributed by atoms with Gasteiger partial charge in [0.1, 0.15) is 12.2 Å². The first-order valence-corrected chi connectivity index (χ1v) is 20.3. The van der Waals surface area contributed by atoms with Crippen LogP contribution >= 0.6 is 12.0 Å². The molecule has 4 aliphatic heterocycles. The number of carbonyl (C=O) groups is 1. The fraction of sp³-hybridized carbons (Fsp3) is 0.925. The van der Waals surface area contributed by atoms with E-state index >= 15 is 0 Å². The molecule has 17 atom stereocenters. The topological polar surface area (TPSA) is 131 Å². The van der Waals surface area contributed by atoms with Gasteiger partial charge >= 0.3 is 5.97 Å². The van der Waals surface area contributed by atoms with Crippen LogP contribution in [0.2, 0.25) is 0 Å². The molecule has 4 rings (SSSR count). The Labute approximate surface area is 320 Å². The maximum absolute atomic E-state index is 14.4. The van der Waals surface area contributed by atoms with E-state index in [0.29, 0.717) is 18.4 Å². The molecule has 302 valence electrons. The first-order valence-electron chi connectivity index (χ1n) is 20.5. The summed E-state index contributed by atoms with van der Waals surface area (Å²) in [5.41, 5.74) is -1.33. The van der Waals surface area contributed by atoms with Gasteiger partial charge in [0.15, 0.2) is 18.4 Å². The molecule has 2 bridgehead atoms. The van der Waals surface area contributed by atoms with Crippen molar-refractivity contribution in [2.24, 2.45) is 35.0 Å². The summed E-state index contributed by atoms with van der Waals surface area (Å²) in [7, 11) is 0. The molecule has 0 aliphatic carbocycles. The van der Waals surface area contributed by atoms with Gasteiger partial charge in [-0.15, -0.1) is 0 Å². The van der Waals surface area contributed by atoms with Crippen LogP contribution in [0.4, 0.5) is 0 Å². The van der Waals surface area contributed by atoms with Gasteiger partial charge in [0.05, 0.1) is 54.2 Å². The van der Waals surface area contributed by atoms with Crippen LogP contribution < -0.4 is 0 Å². The van der Waals surface area contributed by atoms with E-state index in [0.717, 1.165) is 18.5 Å². The lowest BCUT2D eigenvalue weighted by Gasteiger charge is -2.51. The van der Waals surface area contributed by atoms with Crippen LogP contribution in [0.5, 0.6) is 0 Å². The van der Waals surface area contributed by atoms with Crippen molar-refractivity contribution in [3.05, 3.63) is 12.2 Å². The van der Waals surface area contributed by atoms with E-state index in [9.17, 15) is 9.90 Å². The lowest BCUT2D eigenvalue weighted by Crippen LogP contribution is -2.59. The number of carbonyl (C=O) groups excluding carboxylic acids is 1. The lowest BCUT2D eigenvalue weighted by atomic mass is 9.74. The molecule has 0 amide bonds. The van der Waals surface area contributed by atoms with Gasteiger partial charge in [-0.25, -0.2) is 0 Å². The maximum atomic E-state index is 14.4. The molecular formula is C40H70O11S. The minimum atomic E-state index is -1.51. The Morgan fingerprint density at radius 3 is 2.27 bits per heavy atom. The monoisotopic (exact) mass is 762 g/mol. The van der Waals surface area contributed by atoms with Crippen LogP contribution in [0.25, 0.3) is 0 Å². The summed E-state index contributed by atoms with van der Waals surface area (Å²) in [5, 5.41) is 17.9. The second-order valence-corrected chi connectivity index (χ2v) is 18.2. The molecule has 0 saturated carbocycles. The Hall–Kier alpha value is -0.800. The molecule has 4 fully saturated rings. The average Bonchev–Trinajstić information content (AvgIpc) is 3.06. The van der Waals surface area contributed by atoms with E-state index in [2.05, 4.69) is 27.4 Å². The Balaban J connectivity index is 1.84. The molecule has 4 saturated heterocycles. The molecule has 4 heterocycles. The SMILES string of the molecule is [3H]CSO[C@H]1C(O[C@@H]2[C@@H](C)[C@H](OC3CC(C)(C)[C@@H](O[3H])[C@H](C)O3)[C@@H](C)C(=O)O[C@H](CC)C(=C)[C@@H]3OC(C)(C)O[C@H]([C@@H]3C)[C@H](C)C[C@]2(C)O)O[C@H](C)C[C@@H]1C. The van der Waals surface area contributed by atoms with Crippen LogP contribution in [0.1, 0.15) is 117 Å². The van der Waals surface area contributed by atoms with E-state index in [1.165, 1.54) is 0 Å². The maximum Gasteiger partial charge on any atom is 0.311 e. The number of fused-ring (bicyclic) bond motifs is 2. The molecule has 0 aromatic heterocycles. The van der Waals surface area contributed by atoms with Crippen molar-refractivity contribution in [2.45, 2.75) is 195 Å². The molecule has 0 radical (unpaired) electrons. The summed E-state index contributed by atoms with van der Waals surface area (Å²) in [4.78, 5) is 14.4. The van der Waals surface area contributed by atoms with Gasteiger partial charge in [0, 0.05) is 25.9 Å². The third kappa shape index (κ3) is 9.76. The minimum Gasteiger partial charge on any atom is -0.457 e. The highest BCUT2D eigenvalue weighted by Gasteiger charge is 2.53. The standard InChI is InChI=1S/C40H70O11S/c1-16-28-23(5)33-24(6)30(49-39(12,13)50-33)21(3)18-40(14,43)35(48-37-31(51-52-15)20(2)17-22(4)44-37)25(7)32(26(8)36(42)46-28)47-29-19-38(10,11)34(41)27(9)45-29/h20-22,24-35,37,41,43H,5,16-19H2,1-4,6-15H3/t20-,21+,22+,24-,25-,26+,27-,28+,29?,30-,31+,32-,33-,34-,35+,37?,40-/m0/s1/i15T,41T. The Morgan fingerprint density at radius 2 is 1.65 bits per heavy atom. The second-order valence-electron chi connectivity index (χ2n) is 17.7. The zero-order valence-corrected chi connectivity index (χ0v) is 34.7. The van der Waals surface area contributed by atoms with Gasteiger partial charge in [-0.2, -0.15) is 0 Å². The van der Waals surface area contributed by atoms with Crippen molar-refractivity contribution in [1.29, 1.82) is 1.43 Å². The predicted octanol–water partition coefficient (Wildman–Crippen LogP) is 6.81. The van der Waals surface area contributed by atoms with Gasteiger partial charge in [-0.3, -0.25) is 4.79 Å². The molecule has 2 N–H and O–H groups in total. The highest BCUT2D eigenvalue weighted by atomic mass is 32.2. The predicted molar refractivity (Wildman–Crippen MR) is 200 cm³/mol. The van der Waals surface area contributed by atoms with E-state index in [1.54, 1.807) is 13.8 Å². The molecule has 12 heteroatoms. The number of esters is 1. The number of rotatable bonds is 8. The molecule has 11 nitrogen and oxygen atoms in total. The highest BCUT2D eigenvalue weighted by molar-refractivity contribution is 7.93. The zero-order valence-electron chi connectivity index (χ0n) is 35.9. The third-order valence-electron chi connectivity index (χ3n) is 11.9. The quantitative estimate of drug-likeness (QED) is 0.153. The molecular weight excluding hydrogens is 688 g/mol. The fourth-order valence-electron chi connectivity index (χ4n) is 9.23. The number of cyclic esters (lactones) is 1. The molecule has 52 heavy (non-hydrogen) atoms. The molecule has 0 aromatic rings. The summed E-state index contributed by atoms with van der Waals surface area (Å²) in [5.74, 6) is -3.25. The van der Waals surface area contributed by atoms with Crippen molar-refractivity contribution in [1.82, 2.24) is 0 Å². The minimum absolute atomic E-state index is 0.00414. The van der Waals surface area contributed by atoms with Gasteiger partial charge in [0.25, 0.3) is 0 Å². The lowest BCUT2D eigenvalue weighted by molar-refractivity contribution is -0.327. The summed E-state index contributed by atoms with van der Waals surface area (Å²) in [6, 6.07) is 0. The third-order valence-corrected chi connectivity index (χ3v) is 12.3. The Morgan fingerprint density at radius 1 is 0.962 bits per heavy atom. The molecule has 0 aromatic carbocycles. The summed E-state index contributed by atoms with van der Waals surface area (Å²) in [6.07, 6.45) is -4.63. The van der Waals surface area contributed by atoms with Crippen LogP contribution in [-0.2, 0) is 42.1 Å². The van der Waals surface area contributed by atoms with Crippen molar-refractivity contribution in [3.8, 4) is 0 Å². The number of hydrogen-bond donors (Lipinski definition) is 2. The molecule has 0 spiro atoms. The summed E-state index contributed by atoms with van der Waals surface area (Å²) >= 11 is 1.03. The summed E-state index contributed by atoms with van der Waals surface area (Å²) < 4.78 is 67.5. The summed E-state index contributed by atoms with van der Waals surface area (Å²) in [6.45, 7) is 29.6. The number of aliphatic hydroxyl groups is 2. The number of ether oxygens (including phenoxy) is 7. The number of hydrogen-bond acceptors (Lipinski definition) is 12. The Kier molecular flexibility index (Phi) is 13.5. The van der Waals surface area contributed by atoms with E-state index in [4.69, 9.17) is 45.3 Å². The van der Waals surface area contributed by atoms with Crippen LogP contribution in [-0.4, -0.2) is 103 Å². The largest absolute Gasteiger partial charge is 0.457 e. The molecule has 2 unspecified atom stereocenters. The van der Waals surface area contributed by atoms with Crippen molar-refractivity contribution in [2.75, 3.05) is 6.23 Å². The number of aliphatic hydroxyl groups excluding tert-OH is 1. The van der Waals surface area contributed by atoms with Gasteiger partial charge < -0.3 is 47.6 Å². The molecule has 4 aliphatic rings.